The van der Waals surface area contributed by atoms with Crippen LogP contribution in [-0.2, 0) is 16.1 Å². The molecule has 0 radical (unpaired) electrons. The number of rotatable bonds is 6. The second-order valence-corrected chi connectivity index (χ2v) is 2.89. The standard InChI is InChI=1S/C12H14O2/c13-9-5-2-6-10-14-11-12-7-3-1-4-8-12/h1-5,7-9H,6,10-11H2. The van der Waals surface area contributed by atoms with Gasteiger partial charge in [0.25, 0.3) is 0 Å². The molecule has 1 aromatic carbocycles. The van der Waals surface area contributed by atoms with Gasteiger partial charge in [-0.15, -0.1) is 0 Å². The first-order valence-corrected chi connectivity index (χ1v) is 4.65. The maximum atomic E-state index is 9.93. The number of hydrogen-bond acceptors (Lipinski definition) is 2. The molecule has 0 aromatic heterocycles. The summed E-state index contributed by atoms with van der Waals surface area (Å²) in [5.74, 6) is 0. The summed E-state index contributed by atoms with van der Waals surface area (Å²) in [6.07, 6.45) is 4.85. The molecule has 0 heterocycles. The topological polar surface area (TPSA) is 26.3 Å². The largest absolute Gasteiger partial charge is 0.376 e. The fourth-order valence-electron chi connectivity index (χ4n) is 1.07. The summed E-state index contributed by atoms with van der Waals surface area (Å²) in [6.45, 7) is 1.29. The Morgan fingerprint density at radius 2 is 2.00 bits per heavy atom. The number of benzene rings is 1. The smallest absolute Gasteiger partial charge is 0.142 e. The molecule has 0 aliphatic heterocycles. The highest BCUT2D eigenvalue weighted by Crippen LogP contribution is 2.00. The van der Waals surface area contributed by atoms with E-state index in [0.717, 1.165) is 12.7 Å². The highest BCUT2D eigenvalue weighted by Gasteiger charge is 1.89. The van der Waals surface area contributed by atoms with Gasteiger partial charge in [-0.1, -0.05) is 36.4 Å². The lowest BCUT2D eigenvalue weighted by molar-refractivity contribution is -0.104. The SMILES string of the molecule is O=CC=CCCOCc1ccccc1. The molecule has 14 heavy (non-hydrogen) atoms. The van der Waals surface area contributed by atoms with Crippen molar-refractivity contribution >= 4 is 6.29 Å². The van der Waals surface area contributed by atoms with Gasteiger partial charge in [-0.05, 0) is 18.1 Å². The maximum Gasteiger partial charge on any atom is 0.142 e. The molecule has 74 valence electrons. The lowest BCUT2D eigenvalue weighted by atomic mass is 10.2. The molecule has 0 unspecified atom stereocenters. The third kappa shape index (κ3) is 4.58. The van der Waals surface area contributed by atoms with Gasteiger partial charge in [-0.2, -0.15) is 0 Å². The van der Waals surface area contributed by atoms with Crippen molar-refractivity contribution in [3.63, 3.8) is 0 Å². The number of ether oxygens (including phenoxy) is 1. The summed E-state index contributed by atoms with van der Waals surface area (Å²) in [5, 5.41) is 0. The van der Waals surface area contributed by atoms with Crippen LogP contribution >= 0.6 is 0 Å². The zero-order valence-electron chi connectivity index (χ0n) is 8.06. The van der Waals surface area contributed by atoms with Gasteiger partial charge in [0.05, 0.1) is 13.2 Å². The zero-order valence-corrected chi connectivity index (χ0v) is 8.06. The van der Waals surface area contributed by atoms with Crippen LogP contribution in [0.15, 0.2) is 42.5 Å². The van der Waals surface area contributed by atoms with E-state index in [9.17, 15) is 4.79 Å². The van der Waals surface area contributed by atoms with E-state index in [0.29, 0.717) is 13.2 Å². The summed E-state index contributed by atoms with van der Waals surface area (Å²) in [5.41, 5.74) is 1.17. The molecule has 0 aliphatic rings. The van der Waals surface area contributed by atoms with E-state index in [1.807, 2.05) is 30.3 Å². The Hall–Kier alpha value is -1.41. The summed E-state index contributed by atoms with van der Waals surface area (Å²) in [7, 11) is 0. The van der Waals surface area contributed by atoms with Crippen molar-refractivity contribution in [2.24, 2.45) is 0 Å². The van der Waals surface area contributed by atoms with Crippen molar-refractivity contribution in [3.8, 4) is 0 Å². The molecule has 0 aliphatic carbocycles. The van der Waals surface area contributed by atoms with Crippen LogP contribution < -0.4 is 0 Å². The van der Waals surface area contributed by atoms with Crippen LogP contribution in [0.4, 0.5) is 0 Å². The molecule has 0 saturated heterocycles. The Kier molecular flexibility index (Phi) is 5.36. The highest BCUT2D eigenvalue weighted by atomic mass is 16.5. The summed E-state index contributed by atoms with van der Waals surface area (Å²) < 4.78 is 5.40. The predicted octanol–water partition coefficient (Wildman–Crippen LogP) is 2.35. The van der Waals surface area contributed by atoms with E-state index in [-0.39, 0.29) is 0 Å². The van der Waals surface area contributed by atoms with Gasteiger partial charge in [0.15, 0.2) is 0 Å². The number of allylic oxidation sites excluding steroid dienone is 1. The van der Waals surface area contributed by atoms with Crippen LogP contribution in [0.3, 0.4) is 0 Å². The van der Waals surface area contributed by atoms with Crippen molar-refractivity contribution in [1.29, 1.82) is 0 Å². The average molecular weight is 190 g/mol. The third-order valence-corrected chi connectivity index (χ3v) is 1.76. The maximum absolute atomic E-state index is 9.93. The van der Waals surface area contributed by atoms with Crippen LogP contribution in [0.5, 0.6) is 0 Å². The van der Waals surface area contributed by atoms with E-state index >= 15 is 0 Å². The van der Waals surface area contributed by atoms with Gasteiger partial charge >= 0.3 is 0 Å². The minimum atomic E-state index is 0.635. The first-order valence-electron chi connectivity index (χ1n) is 4.65. The molecule has 0 saturated carbocycles. The van der Waals surface area contributed by atoms with Crippen LogP contribution in [0.1, 0.15) is 12.0 Å². The van der Waals surface area contributed by atoms with Crippen LogP contribution in [0, 0.1) is 0 Å². The predicted molar refractivity (Wildman–Crippen MR) is 55.9 cm³/mol. The second kappa shape index (κ2) is 7.04. The van der Waals surface area contributed by atoms with Crippen molar-refractivity contribution < 1.29 is 9.53 Å². The molecule has 2 heteroatoms. The van der Waals surface area contributed by atoms with Gasteiger partial charge < -0.3 is 4.74 Å². The van der Waals surface area contributed by atoms with E-state index in [1.165, 1.54) is 11.6 Å². The zero-order chi connectivity index (χ0) is 10.1. The minimum absolute atomic E-state index is 0.635. The summed E-state index contributed by atoms with van der Waals surface area (Å²) in [4.78, 5) is 9.93. The van der Waals surface area contributed by atoms with Gasteiger partial charge in [0, 0.05) is 0 Å². The van der Waals surface area contributed by atoms with Crippen LogP contribution in [0.25, 0.3) is 0 Å². The Morgan fingerprint density at radius 3 is 2.71 bits per heavy atom. The van der Waals surface area contributed by atoms with Crippen LogP contribution in [0.2, 0.25) is 0 Å². The fourth-order valence-corrected chi connectivity index (χ4v) is 1.07. The van der Waals surface area contributed by atoms with Crippen molar-refractivity contribution in [2.75, 3.05) is 6.61 Å². The normalized spacial score (nSPS) is 10.6. The van der Waals surface area contributed by atoms with E-state index < -0.39 is 0 Å². The van der Waals surface area contributed by atoms with Gasteiger partial charge in [-0.25, -0.2) is 0 Å². The van der Waals surface area contributed by atoms with Crippen molar-refractivity contribution in [2.45, 2.75) is 13.0 Å². The Balaban J connectivity index is 2.10. The lowest BCUT2D eigenvalue weighted by Crippen LogP contribution is -1.93. The Morgan fingerprint density at radius 1 is 1.21 bits per heavy atom. The Labute approximate surface area is 84.2 Å². The molecule has 0 bridgehead atoms. The first-order chi connectivity index (χ1) is 6.93. The number of aldehydes is 1. The van der Waals surface area contributed by atoms with E-state index in [1.54, 1.807) is 6.08 Å². The number of hydrogen-bond donors (Lipinski definition) is 0. The molecule has 0 N–H and O–H groups in total. The second-order valence-electron chi connectivity index (χ2n) is 2.89. The summed E-state index contributed by atoms with van der Waals surface area (Å²) >= 11 is 0. The molecular weight excluding hydrogens is 176 g/mol. The molecule has 2 nitrogen and oxygen atoms in total. The van der Waals surface area contributed by atoms with Crippen molar-refractivity contribution in [3.05, 3.63) is 48.0 Å². The molecule has 1 rings (SSSR count). The molecule has 1 aromatic rings. The highest BCUT2D eigenvalue weighted by molar-refractivity contribution is 5.64. The van der Waals surface area contributed by atoms with E-state index in [4.69, 9.17) is 4.74 Å². The Bertz CT molecular complexity index is 278. The number of carbonyl (C=O) groups is 1. The number of carbonyl (C=O) groups excluding carboxylic acids is 1. The fraction of sp³-hybridized carbons (Fsp3) is 0.250. The monoisotopic (exact) mass is 190 g/mol. The quantitative estimate of drug-likeness (QED) is 0.391. The molecule has 0 spiro atoms. The third-order valence-electron chi connectivity index (χ3n) is 1.76. The molecule has 0 amide bonds. The van der Waals surface area contributed by atoms with Gasteiger partial charge in [0.2, 0.25) is 0 Å². The van der Waals surface area contributed by atoms with Crippen LogP contribution in [-0.4, -0.2) is 12.9 Å². The van der Waals surface area contributed by atoms with E-state index in [2.05, 4.69) is 0 Å². The molecule has 0 fully saturated rings. The first kappa shape index (κ1) is 10.7. The molecule has 0 atom stereocenters. The summed E-state index contributed by atoms with van der Waals surface area (Å²) in [6, 6.07) is 10.0. The van der Waals surface area contributed by atoms with Crippen molar-refractivity contribution in [1.82, 2.24) is 0 Å². The molecular formula is C12H14O2. The van der Waals surface area contributed by atoms with Gasteiger partial charge in [-0.3, -0.25) is 4.79 Å². The average Bonchev–Trinajstić information content (AvgIpc) is 2.25. The minimum Gasteiger partial charge on any atom is -0.376 e. The lowest BCUT2D eigenvalue weighted by Gasteiger charge is -2.01. The van der Waals surface area contributed by atoms with Gasteiger partial charge in [0.1, 0.15) is 6.29 Å².